The van der Waals surface area contributed by atoms with Gasteiger partial charge in [0.05, 0.1) is 0 Å². The zero-order valence-electron chi connectivity index (χ0n) is 9.24. The van der Waals surface area contributed by atoms with Crippen molar-refractivity contribution in [2.45, 2.75) is 6.42 Å². The van der Waals surface area contributed by atoms with Gasteiger partial charge in [0.1, 0.15) is 5.75 Å². The third kappa shape index (κ3) is 4.01. The molecule has 1 heterocycles. The topological polar surface area (TPSA) is 61.0 Å². The molecule has 0 bridgehead atoms. The summed E-state index contributed by atoms with van der Waals surface area (Å²) in [5, 5.41) is 0. The van der Waals surface area contributed by atoms with Gasteiger partial charge in [-0.25, -0.2) is 9.97 Å². The minimum absolute atomic E-state index is 0. The molecule has 1 aromatic carbocycles. The van der Waals surface area contributed by atoms with Gasteiger partial charge in [0.25, 0.3) is 0 Å². The van der Waals surface area contributed by atoms with E-state index in [1.165, 1.54) is 0 Å². The maximum Gasteiger partial charge on any atom is 0.321 e. The normalized spacial score (nSPS) is 9.47. The Balaban J connectivity index is 0.00000144. The highest BCUT2D eigenvalue weighted by Gasteiger charge is 1.99. The molecule has 2 aromatic rings. The average molecular weight is 252 g/mol. The van der Waals surface area contributed by atoms with Gasteiger partial charge in [-0.1, -0.05) is 18.2 Å². The van der Waals surface area contributed by atoms with Gasteiger partial charge in [-0.15, -0.1) is 12.4 Å². The van der Waals surface area contributed by atoms with E-state index in [1.807, 2.05) is 30.3 Å². The van der Waals surface area contributed by atoms with Crippen LogP contribution in [0.15, 0.2) is 42.7 Å². The van der Waals surface area contributed by atoms with Gasteiger partial charge in [0, 0.05) is 12.4 Å². The third-order valence-electron chi connectivity index (χ3n) is 2.07. The minimum atomic E-state index is 0. The lowest BCUT2D eigenvalue weighted by atomic mass is 10.2. The summed E-state index contributed by atoms with van der Waals surface area (Å²) in [6.45, 7) is 0.599. The fourth-order valence-electron chi connectivity index (χ4n) is 1.29. The molecule has 0 aliphatic carbocycles. The van der Waals surface area contributed by atoms with Crippen LogP contribution >= 0.6 is 12.4 Å². The molecule has 0 aliphatic rings. The monoisotopic (exact) mass is 251 g/mol. The maximum absolute atomic E-state index is 5.46. The lowest BCUT2D eigenvalue weighted by Gasteiger charge is -2.03. The van der Waals surface area contributed by atoms with E-state index in [4.69, 9.17) is 10.5 Å². The van der Waals surface area contributed by atoms with Crippen LogP contribution in [-0.2, 0) is 6.42 Å². The van der Waals surface area contributed by atoms with E-state index in [1.54, 1.807) is 12.4 Å². The third-order valence-corrected chi connectivity index (χ3v) is 2.07. The number of nitrogens with zero attached hydrogens (tertiary/aromatic N) is 2. The first-order valence-corrected chi connectivity index (χ1v) is 5.12. The van der Waals surface area contributed by atoms with Gasteiger partial charge in [-0.3, -0.25) is 0 Å². The van der Waals surface area contributed by atoms with Crippen molar-refractivity contribution in [3.63, 3.8) is 0 Å². The number of benzene rings is 1. The van der Waals surface area contributed by atoms with E-state index in [9.17, 15) is 0 Å². The fourth-order valence-corrected chi connectivity index (χ4v) is 1.29. The van der Waals surface area contributed by atoms with Crippen molar-refractivity contribution in [2.24, 2.45) is 5.73 Å². The van der Waals surface area contributed by atoms with Crippen molar-refractivity contribution in [3.05, 3.63) is 48.3 Å². The number of ether oxygens (including phenoxy) is 1. The van der Waals surface area contributed by atoms with Crippen molar-refractivity contribution in [1.82, 2.24) is 9.97 Å². The Bertz CT molecular complexity index is 433. The standard InChI is InChI=1S/C12H13N3O.ClH/c13-7-6-10-8-14-12(15-9-10)16-11-4-2-1-3-5-11;/h1-5,8-9H,6-7,13H2;1H. The molecule has 90 valence electrons. The van der Waals surface area contributed by atoms with Crippen molar-refractivity contribution >= 4 is 12.4 Å². The van der Waals surface area contributed by atoms with E-state index >= 15 is 0 Å². The molecular formula is C12H14ClN3O. The molecule has 0 saturated carbocycles. The number of nitrogens with two attached hydrogens (primary N) is 1. The van der Waals surface area contributed by atoms with Crippen molar-refractivity contribution in [3.8, 4) is 11.8 Å². The van der Waals surface area contributed by atoms with E-state index in [-0.39, 0.29) is 12.4 Å². The number of halogens is 1. The van der Waals surface area contributed by atoms with Gasteiger partial charge in [-0.2, -0.15) is 0 Å². The molecule has 17 heavy (non-hydrogen) atoms. The molecular weight excluding hydrogens is 238 g/mol. The molecule has 4 nitrogen and oxygen atoms in total. The van der Waals surface area contributed by atoms with Crippen LogP contribution in [0.4, 0.5) is 0 Å². The second-order valence-corrected chi connectivity index (χ2v) is 3.33. The molecule has 0 spiro atoms. The maximum atomic E-state index is 5.46. The second kappa shape index (κ2) is 6.83. The summed E-state index contributed by atoms with van der Waals surface area (Å²) in [6, 6.07) is 9.80. The summed E-state index contributed by atoms with van der Waals surface area (Å²) < 4.78 is 5.46. The van der Waals surface area contributed by atoms with Crippen LogP contribution in [0.1, 0.15) is 5.56 Å². The summed E-state index contributed by atoms with van der Waals surface area (Å²) in [7, 11) is 0. The van der Waals surface area contributed by atoms with Crippen LogP contribution in [0.25, 0.3) is 0 Å². The predicted octanol–water partition coefficient (Wildman–Crippen LogP) is 2.19. The van der Waals surface area contributed by atoms with Crippen LogP contribution < -0.4 is 10.5 Å². The lowest BCUT2D eigenvalue weighted by Crippen LogP contribution is -2.03. The molecule has 0 radical (unpaired) electrons. The lowest BCUT2D eigenvalue weighted by molar-refractivity contribution is 0.441. The predicted molar refractivity (Wildman–Crippen MR) is 68.6 cm³/mol. The molecule has 0 fully saturated rings. The van der Waals surface area contributed by atoms with Gasteiger partial charge < -0.3 is 10.5 Å². The molecule has 2 N–H and O–H groups in total. The number of para-hydroxylation sites is 1. The molecule has 0 unspecified atom stereocenters. The number of rotatable bonds is 4. The van der Waals surface area contributed by atoms with E-state index in [0.29, 0.717) is 12.6 Å². The SMILES string of the molecule is Cl.NCCc1cnc(Oc2ccccc2)nc1. The highest BCUT2D eigenvalue weighted by molar-refractivity contribution is 5.85. The first-order chi connectivity index (χ1) is 7.88. The highest BCUT2D eigenvalue weighted by Crippen LogP contribution is 2.15. The molecule has 0 aliphatic heterocycles. The van der Waals surface area contributed by atoms with Gasteiger partial charge in [0.15, 0.2) is 0 Å². The van der Waals surface area contributed by atoms with Gasteiger partial charge in [0.2, 0.25) is 0 Å². The minimum Gasteiger partial charge on any atom is -0.424 e. The number of aromatic nitrogens is 2. The van der Waals surface area contributed by atoms with Crippen LogP contribution in [0.3, 0.4) is 0 Å². The summed E-state index contributed by atoms with van der Waals surface area (Å²) in [4.78, 5) is 8.21. The van der Waals surface area contributed by atoms with Crippen LogP contribution in [0, 0.1) is 0 Å². The van der Waals surface area contributed by atoms with E-state index in [0.717, 1.165) is 17.7 Å². The van der Waals surface area contributed by atoms with Gasteiger partial charge >= 0.3 is 6.01 Å². The Labute approximate surface area is 106 Å². The van der Waals surface area contributed by atoms with Gasteiger partial charge in [-0.05, 0) is 30.7 Å². The Kier molecular flexibility index (Phi) is 5.39. The van der Waals surface area contributed by atoms with E-state index in [2.05, 4.69) is 9.97 Å². The van der Waals surface area contributed by atoms with Crippen LogP contribution in [-0.4, -0.2) is 16.5 Å². The number of hydrogen-bond acceptors (Lipinski definition) is 4. The van der Waals surface area contributed by atoms with E-state index < -0.39 is 0 Å². The van der Waals surface area contributed by atoms with Crippen LogP contribution in [0.2, 0.25) is 0 Å². The number of hydrogen-bond donors (Lipinski definition) is 1. The van der Waals surface area contributed by atoms with Crippen molar-refractivity contribution < 1.29 is 4.74 Å². The molecule has 0 atom stereocenters. The molecule has 1 aromatic heterocycles. The van der Waals surface area contributed by atoms with Crippen molar-refractivity contribution in [2.75, 3.05) is 6.54 Å². The zero-order chi connectivity index (χ0) is 11.2. The first kappa shape index (κ1) is 13.4. The Morgan fingerprint density at radius 2 is 1.71 bits per heavy atom. The summed E-state index contributed by atoms with van der Waals surface area (Å²) in [5.41, 5.74) is 6.45. The Morgan fingerprint density at radius 1 is 1.06 bits per heavy atom. The smallest absolute Gasteiger partial charge is 0.321 e. The zero-order valence-corrected chi connectivity index (χ0v) is 10.1. The molecule has 5 heteroatoms. The Hall–Kier alpha value is -1.65. The summed E-state index contributed by atoms with van der Waals surface area (Å²) in [5.74, 6) is 0.731. The average Bonchev–Trinajstić information content (AvgIpc) is 2.33. The largest absolute Gasteiger partial charge is 0.424 e. The summed E-state index contributed by atoms with van der Waals surface area (Å²) >= 11 is 0. The fraction of sp³-hybridized carbons (Fsp3) is 0.167. The quantitative estimate of drug-likeness (QED) is 0.905. The first-order valence-electron chi connectivity index (χ1n) is 5.12. The van der Waals surface area contributed by atoms with Crippen molar-refractivity contribution in [1.29, 1.82) is 0 Å². The van der Waals surface area contributed by atoms with Crippen LogP contribution in [0.5, 0.6) is 11.8 Å². The highest BCUT2D eigenvalue weighted by atomic mass is 35.5. The molecule has 0 amide bonds. The second-order valence-electron chi connectivity index (χ2n) is 3.33. The Morgan fingerprint density at radius 3 is 2.29 bits per heavy atom. The summed E-state index contributed by atoms with van der Waals surface area (Å²) in [6.07, 6.45) is 4.25. The molecule has 2 rings (SSSR count). The molecule has 0 saturated heterocycles.